The van der Waals surface area contributed by atoms with Crippen molar-refractivity contribution in [2.75, 3.05) is 13.6 Å². The van der Waals surface area contributed by atoms with Crippen molar-refractivity contribution in [3.63, 3.8) is 0 Å². The van der Waals surface area contributed by atoms with E-state index in [4.69, 9.17) is 4.42 Å². The van der Waals surface area contributed by atoms with E-state index < -0.39 is 17.4 Å². The molecule has 1 saturated carbocycles. The maximum absolute atomic E-state index is 13.3. The molecule has 1 aliphatic carbocycles. The van der Waals surface area contributed by atoms with E-state index in [9.17, 15) is 13.6 Å². The first-order valence-electron chi connectivity index (χ1n) is 10.3. The largest absolute Gasteiger partial charge is 0.417 e. The van der Waals surface area contributed by atoms with Crippen LogP contribution in [0.25, 0.3) is 11.1 Å². The average Bonchev–Trinajstić information content (AvgIpc) is 3.06. The van der Waals surface area contributed by atoms with Crippen LogP contribution >= 0.6 is 0 Å². The molecule has 1 fully saturated rings. The predicted molar refractivity (Wildman–Crippen MR) is 109 cm³/mol. The van der Waals surface area contributed by atoms with Gasteiger partial charge in [0.2, 0.25) is 0 Å². The van der Waals surface area contributed by atoms with Crippen molar-refractivity contribution in [1.29, 1.82) is 0 Å². The van der Waals surface area contributed by atoms with Crippen molar-refractivity contribution in [3.8, 4) is 0 Å². The molecule has 4 nitrogen and oxygen atoms in total. The van der Waals surface area contributed by atoms with Crippen LogP contribution in [-0.2, 0) is 6.42 Å². The number of hydrogen-bond acceptors (Lipinski definition) is 3. The number of aromatic nitrogens is 1. The summed E-state index contributed by atoms with van der Waals surface area (Å²) in [4.78, 5) is 16.4. The Morgan fingerprint density at radius 1 is 1.07 bits per heavy atom. The first-order chi connectivity index (χ1) is 14.0. The summed E-state index contributed by atoms with van der Waals surface area (Å²) in [6.07, 6.45) is 5.99. The standard InChI is InChI=1S/C23H26F2N2O2/c1-27(10-2-3-15-11-18(24)14-19(25)12-15)20-7-4-16(5-8-20)17-6-9-21-22(13-17)29-23(28)26-21/h6,9,11-14,16,20H,2-5,7-8,10H2,1H3,(H,26,28). The summed E-state index contributed by atoms with van der Waals surface area (Å²) in [5, 5.41) is 0. The van der Waals surface area contributed by atoms with Crippen LogP contribution in [0.4, 0.5) is 8.78 Å². The maximum atomic E-state index is 13.3. The average molecular weight is 400 g/mol. The molecular formula is C23H26F2N2O2. The Balaban J connectivity index is 1.27. The van der Waals surface area contributed by atoms with Crippen molar-refractivity contribution < 1.29 is 13.2 Å². The van der Waals surface area contributed by atoms with E-state index in [-0.39, 0.29) is 0 Å². The van der Waals surface area contributed by atoms with E-state index >= 15 is 0 Å². The molecule has 0 aliphatic heterocycles. The van der Waals surface area contributed by atoms with Gasteiger partial charge >= 0.3 is 5.76 Å². The molecular weight excluding hydrogens is 374 g/mol. The summed E-state index contributed by atoms with van der Waals surface area (Å²) in [7, 11) is 2.14. The minimum absolute atomic E-state index is 0.413. The number of hydrogen-bond donors (Lipinski definition) is 1. The number of halogens is 2. The number of aryl methyl sites for hydroxylation is 1. The van der Waals surface area contributed by atoms with Crippen LogP contribution in [0.5, 0.6) is 0 Å². The minimum Gasteiger partial charge on any atom is -0.408 e. The van der Waals surface area contributed by atoms with Gasteiger partial charge in [0.15, 0.2) is 5.58 Å². The normalized spacial score (nSPS) is 19.9. The Morgan fingerprint density at radius 2 is 1.79 bits per heavy atom. The number of aromatic amines is 1. The highest BCUT2D eigenvalue weighted by Gasteiger charge is 2.25. The van der Waals surface area contributed by atoms with Gasteiger partial charge in [-0.2, -0.15) is 0 Å². The third-order valence-electron chi connectivity index (χ3n) is 6.14. The fourth-order valence-corrected chi connectivity index (χ4v) is 4.54. The summed E-state index contributed by atoms with van der Waals surface area (Å²) in [5.41, 5.74) is 3.31. The number of rotatable bonds is 6. The molecule has 0 unspecified atom stereocenters. The molecule has 0 spiro atoms. The number of oxazole rings is 1. The molecule has 0 bridgehead atoms. The summed E-state index contributed by atoms with van der Waals surface area (Å²) in [6.45, 7) is 0.911. The number of H-pyrrole nitrogens is 1. The van der Waals surface area contributed by atoms with E-state index in [0.29, 0.717) is 29.5 Å². The van der Waals surface area contributed by atoms with Crippen molar-refractivity contribution >= 4 is 11.1 Å². The van der Waals surface area contributed by atoms with E-state index in [1.165, 1.54) is 17.7 Å². The molecule has 6 heteroatoms. The molecule has 2 aromatic carbocycles. The van der Waals surface area contributed by atoms with Gasteiger partial charge in [-0.25, -0.2) is 13.6 Å². The molecule has 154 valence electrons. The lowest BCUT2D eigenvalue weighted by Gasteiger charge is -2.35. The maximum Gasteiger partial charge on any atom is 0.417 e. The Morgan fingerprint density at radius 3 is 2.52 bits per heavy atom. The van der Waals surface area contributed by atoms with Gasteiger partial charge in [0.25, 0.3) is 0 Å². The second-order valence-corrected chi connectivity index (χ2v) is 8.14. The highest BCUT2D eigenvalue weighted by molar-refractivity contribution is 5.72. The van der Waals surface area contributed by atoms with Crippen LogP contribution in [0.3, 0.4) is 0 Å². The van der Waals surface area contributed by atoms with Crippen LogP contribution in [0, 0.1) is 11.6 Å². The lowest BCUT2D eigenvalue weighted by molar-refractivity contribution is 0.181. The van der Waals surface area contributed by atoms with Gasteiger partial charge in [-0.3, -0.25) is 4.98 Å². The van der Waals surface area contributed by atoms with Gasteiger partial charge in [0.1, 0.15) is 11.6 Å². The summed E-state index contributed by atoms with van der Waals surface area (Å²) >= 11 is 0. The van der Waals surface area contributed by atoms with Gasteiger partial charge in [0.05, 0.1) is 5.52 Å². The molecule has 0 radical (unpaired) electrons. The molecule has 1 aromatic heterocycles. The Kier molecular flexibility index (Phi) is 5.81. The molecule has 29 heavy (non-hydrogen) atoms. The fraction of sp³-hybridized carbons (Fsp3) is 0.435. The molecule has 4 rings (SSSR count). The Bertz CT molecular complexity index is 1010. The predicted octanol–water partition coefficient (Wildman–Crippen LogP) is 4.99. The first kappa shape index (κ1) is 19.8. The number of fused-ring (bicyclic) bond motifs is 1. The van der Waals surface area contributed by atoms with Gasteiger partial charge in [-0.1, -0.05) is 6.07 Å². The number of benzene rings is 2. The van der Waals surface area contributed by atoms with E-state index in [0.717, 1.165) is 50.2 Å². The fourth-order valence-electron chi connectivity index (χ4n) is 4.54. The lowest BCUT2D eigenvalue weighted by atomic mass is 9.81. The van der Waals surface area contributed by atoms with Gasteiger partial charge in [0, 0.05) is 12.1 Å². The monoisotopic (exact) mass is 400 g/mol. The molecule has 1 aliphatic rings. The van der Waals surface area contributed by atoms with E-state index in [1.54, 1.807) is 0 Å². The number of nitrogens with one attached hydrogen (secondary N) is 1. The second kappa shape index (κ2) is 8.49. The minimum atomic E-state index is -0.510. The second-order valence-electron chi connectivity index (χ2n) is 8.14. The van der Waals surface area contributed by atoms with Crippen molar-refractivity contribution in [2.45, 2.75) is 50.5 Å². The topological polar surface area (TPSA) is 49.2 Å². The van der Waals surface area contributed by atoms with E-state index in [2.05, 4.69) is 23.0 Å². The van der Waals surface area contributed by atoms with Crippen LogP contribution < -0.4 is 5.76 Å². The highest BCUT2D eigenvalue weighted by Crippen LogP contribution is 2.35. The van der Waals surface area contributed by atoms with Crippen molar-refractivity contribution in [3.05, 3.63) is 69.7 Å². The quantitative estimate of drug-likeness (QED) is 0.634. The zero-order valence-corrected chi connectivity index (χ0v) is 16.6. The Hall–Kier alpha value is -2.47. The van der Waals surface area contributed by atoms with Crippen molar-refractivity contribution in [2.24, 2.45) is 0 Å². The van der Waals surface area contributed by atoms with Gasteiger partial charge < -0.3 is 9.32 Å². The summed E-state index contributed by atoms with van der Waals surface area (Å²) in [6, 6.07) is 10.3. The highest BCUT2D eigenvalue weighted by atomic mass is 19.1. The van der Waals surface area contributed by atoms with Gasteiger partial charge in [-0.15, -0.1) is 0 Å². The molecule has 0 atom stereocenters. The van der Waals surface area contributed by atoms with Crippen LogP contribution in [-0.4, -0.2) is 29.5 Å². The molecule has 0 amide bonds. The molecule has 3 aromatic rings. The third-order valence-corrected chi connectivity index (χ3v) is 6.14. The van der Waals surface area contributed by atoms with Crippen molar-refractivity contribution in [1.82, 2.24) is 9.88 Å². The molecule has 1 heterocycles. The lowest BCUT2D eigenvalue weighted by Crippen LogP contribution is -2.35. The number of nitrogens with zero attached hydrogens (tertiary/aromatic N) is 1. The smallest absolute Gasteiger partial charge is 0.408 e. The van der Waals surface area contributed by atoms with E-state index in [1.807, 2.05) is 12.1 Å². The van der Waals surface area contributed by atoms with Crippen LogP contribution in [0.2, 0.25) is 0 Å². The van der Waals surface area contributed by atoms with Gasteiger partial charge in [-0.05, 0) is 93.4 Å². The first-order valence-corrected chi connectivity index (χ1v) is 10.3. The van der Waals surface area contributed by atoms with Crippen LogP contribution in [0.15, 0.2) is 45.6 Å². The third kappa shape index (κ3) is 4.75. The molecule has 0 saturated heterocycles. The summed E-state index contributed by atoms with van der Waals surface area (Å²) < 4.78 is 31.8. The summed E-state index contributed by atoms with van der Waals surface area (Å²) in [5.74, 6) is -0.949. The molecule has 1 N–H and O–H groups in total. The Labute approximate surface area is 168 Å². The SMILES string of the molecule is CN(CCCc1cc(F)cc(F)c1)C1CCC(c2ccc3[nH]c(=O)oc3c2)CC1. The van der Waals surface area contributed by atoms with Crippen LogP contribution in [0.1, 0.15) is 49.1 Å². The zero-order valence-electron chi connectivity index (χ0n) is 16.6. The zero-order chi connectivity index (χ0) is 20.4.